The van der Waals surface area contributed by atoms with E-state index in [9.17, 15) is 9.18 Å². The second-order valence-electron chi connectivity index (χ2n) is 5.93. The fraction of sp³-hybridized carbons (Fsp3) is 0.261. The van der Waals surface area contributed by atoms with E-state index in [4.69, 9.17) is 4.74 Å². The lowest BCUT2D eigenvalue weighted by molar-refractivity contribution is -0.142. The van der Waals surface area contributed by atoms with Crippen LogP contribution in [0, 0.1) is 5.82 Å². The van der Waals surface area contributed by atoms with Crippen LogP contribution in [0.2, 0.25) is 0 Å². The van der Waals surface area contributed by atoms with Crippen LogP contribution in [0.4, 0.5) is 10.1 Å². The van der Waals surface area contributed by atoms with Crippen molar-refractivity contribution in [3.8, 4) is 0 Å². The highest BCUT2D eigenvalue weighted by Crippen LogP contribution is 2.29. The van der Waals surface area contributed by atoms with Crippen LogP contribution in [0.3, 0.4) is 0 Å². The summed E-state index contributed by atoms with van der Waals surface area (Å²) in [6, 6.07) is 14.5. The maximum Gasteiger partial charge on any atom is 0.306 e. The third-order valence-corrected chi connectivity index (χ3v) is 3.96. The molecule has 0 atom stereocenters. The molecule has 0 saturated heterocycles. The van der Waals surface area contributed by atoms with E-state index in [1.165, 1.54) is 12.1 Å². The Kier molecular flexibility index (Phi) is 8.30. The topological polar surface area (TPSA) is 38.3 Å². The van der Waals surface area contributed by atoms with Crippen molar-refractivity contribution < 1.29 is 13.9 Å². The number of anilines is 1. The number of para-hydroxylation sites is 1. The van der Waals surface area contributed by atoms with E-state index in [1.54, 1.807) is 19.1 Å². The molecule has 2 rings (SSSR count). The summed E-state index contributed by atoms with van der Waals surface area (Å²) in [5.41, 5.74) is 3.98. The van der Waals surface area contributed by atoms with Gasteiger partial charge in [-0.2, -0.15) is 0 Å². The molecule has 2 aromatic carbocycles. The molecule has 0 unspecified atom stereocenters. The molecule has 1 N–H and O–H groups in total. The molecule has 0 aliphatic rings. The highest BCUT2D eigenvalue weighted by atomic mass is 19.1. The van der Waals surface area contributed by atoms with E-state index in [1.807, 2.05) is 49.4 Å². The summed E-state index contributed by atoms with van der Waals surface area (Å²) >= 11 is 0. The zero-order valence-electron chi connectivity index (χ0n) is 15.9. The summed E-state index contributed by atoms with van der Waals surface area (Å²) in [4.78, 5) is 11.4. The molecule has 142 valence electrons. The lowest BCUT2D eigenvalue weighted by atomic mass is 9.95. The van der Waals surface area contributed by atoms with Gasteiger partial charge in [-0.3, -0.25) is 4.79 Å². The number of benzene rings is 2. The Morgan fingerprint density at radius 3 is 2.56 bits per heavy atom. The summed E-state index contributed by atoms with van der Waals surface area (Å²) in [6.07, 6.45) is 6.84. The number of hydrogen-bond donors (Lipinski definition) is 1. The Balaban J connectivity index is 2.28. The molecule has 0 aliphatic heterocycles. The fourth-order valence-electron chi connectivity index (χ4n) is 2.73. The van der Waals surface area contributed by atoms with E-state index in [0.29, 0.717) is 19.4 Å². The minimum atomic E-state index is -0.261. The smallest absolute Gasteiger partial charge is 0.306 e. The molecular weight excluding hydrogens is 341 g/mol. The lowest BCUT2D eigenvalue weighted by Crippen LogP contribution is -2.02. The quantitative estimate of drug-likeness (QED) is 0.464. The van der Waals surface area contributed by atoms with Crippen LogP contribution in [0.15, 0.2) is 66.8 Å². The SMILES string of the molecule is CCNc1ccccc1/C(=C/C=C/CCC(=O)OCC)c1ccc(F)cc1. The van der Waals surface area contributed by atoms with Crippen LogP contribution in [-0.4, -0.2) is 19.1 Å². The molecule has 0 radical (unpaired) electrons. The van der Waals surface area contributed by atoms with Crippen molar-refractivity contribution in [3.63, 3.8) is 0 Å². The Labute approximate surface area is 160 Å². The minimum Gasteiger partial charge on any atom is -0.466 e. The van der Waals surface area contributed by atoms with Gasteiger partial charge in [0.2, 0.25) is 0 Å². The second-order valence-corrected chi connectivity index (χ2v) is 5.93. The van der Waals surface area contributed by atoms with Crippen LogP contribution < -0.4 is 5.32 Å². The first-order valence-corrected chi connectivity index (χ1v) is 9.27. The summed E-state index contributed by atoms with van der Waals surface area (Å²) in [5, 5.41) is 3.37. The van der Waals surface area contributed by atoms with E-state index in [2.05, 4.69) is 5.32 Å². The maximum absolute atomic E-state index is 13.4. The summed E-state index contributed by atoms with van der Waals surface area (Å²) in [5.74, 6) is -0.453. The van der Waals surface area contributed by atoms with Crippen LogP contribution in [0.1, 0.15) is 37.8 Å². The minimum absolute atomic E-state index is 0.192. The lowest BCUT2D eigenvalue weighted by Gasteiger charge is -2.14. The highest BCUT2D eigenvalue weighted by molar-refractivity contribution is 5.87. The summed E-state index contributed by atoms with van der Waals surface area (Å²) < 4.78 is 18.3. The van der Waals surface area contributed by atoms with Crippen molar-refractivity contribution in [3.05, 3.63) is 83.7 Å². The third-order valence-electron chi connectivity index (χ3n) is 3.96. The predicted molar refractivity (Wildman–Crippen MR) is 109 cm³/mol. The van der Waals surface area contributed by atoms with Crippen molar-refractivity contribution in [1.29, 1.82) is 0 Å². The Morgan fingerprint density at radius 1 is 1.11 bits per heavy atom. The van der Waals surface area contributed by atoms with Crippen LogP contribution in [0.5, 0.6) is 0 Å². The van der Waals surface area contributed by atoms with Gasteiger partial charge in [-0.05, 0) is 49.6 Å². The number of ether oxygens (including phenoxy) is 1. The van der Waals surface area contributed by atoms with Gasteiger partial charge in [-0.1, -0.05) is 48.6 Å². The zero-order chi connectivity index (χ0) is 19.5. The van der Waals surface area contributed by atoms with Crippen molar-refractivity contribution in [2.75, 3.05) is 18.5 Å². The molecule has 0 aromatic heterocycles. The van der Waals surface area contributed by atoms with Crippen molar-refractivity contribution in [2.24, 2.45) is 0 Å². The van der Waals surface area contributed by atoms with Gasteiger partial charge in [0.05, 0.1) is 6.61 Å². The third kappa shape index (κ3) is 6.41. The first kappa shape index (κ1) is 20.4. The van der Waals surface area contributed by atoms with Crippen LogP contribution >= 0.6 is 0 Å². The van der Waals surface area contributed by atoms with E-state index in [-0.39, 0.29) is 11.8 Å². The molecule has 0 amide bonds. The number of carbonyl (C=O) groups is 1. The highest BCUT2D eigenvalue weighted by Gasteiger charge is 2.09. The van der Waals surface area contributed by atoms with Gasteiger partial charge in [0.1, 0.15) is 5.82 Å². The molecular formula is C23H26FNO2. The summed E-state index contributed by atoms with van der Waals surface area (Å²) in [6.45, 7) is 5.06. The predicted octanol–water partition coefficient (Wildman–Crippen LogP) is 5.59. The van der Waals surface area contributed by atoms with Gasteiger partial charge >= 0.3 is 5.97 Å². The van der Waals surface area contributed by atoms with Gasteiger partial charge in [0.25, 0.3) is 0 Å². The first-order chi connectivity index (χ1) is 13.2. The molecule has 0 bridgehead atoms. The molecule has 2 aromatic rings. The number of rotatable bonds is 9. The Morgan fingerprint density at radius 2 is 1.85 bits per heavy atom. The second kappa shape index (κ2) is 11.0. The van der Waals surface area contributed by atoms with E-state index < -0.39 is 0 Å². The van der Waals surface area contributed by atoms with Crippen molar-refractivity contribution in [1.82, 2.24) is 0 Å². The van der Waals surface area contributed by atoms with Gasteiger partial charge in [-0.15, -0.1) is 0 Å². The number of nitrogens with one attached hydrogen (secondary N) is 1. The molecule has 0 aliphatic carbocycles. The van der Waals surface area contributed by atoms with Crippen LogP contribution in [0.25, 0.3) is 5.57 Å². The fourth-order valence-corrected chi connectivity index (χ4v) is 2.73. The monoisotopic (exact) mass is 367 g/mol. The molecule has 0 heterocycles. The van der Waals surface area contributed by atoms with Gasteiger partial charge in [-0.25, -0.2) is 4.39 Å². The van der Waals surface area contributed by atoms with Gasteiger partial charge in [0, 0.05) is 24.2 Å². The molecule has 4 heteroatoms. The standard InChI is InChI=1S/C23H26FNO2/c1-3-25-22-12-9-8-11-21(22)20(18-14-16-19(24)17-15-18)10-6-5-7-13-23(26)27-4-2/h5-6,8-12,14-17,25H,3-4,7,13H2,1-2H3/b6-5+,20-10+. The first-order valence-electron chi connectivity index (χ1n) is 9.27. The number of esters is 1. The maximum atomic E-state index is 13.4. The van der Waals surface area contributed by atoms with Crippen molar-refractivity contribution >= 4 is 17.2 Å². The Hall–Kier alpha value is -2.88. The van der Waals surface area contributed by atoms with E-state index >= 15 is 0 Å². The molecule has 0 saturated carbocycles. The van der Waals surface area contributed by atoms with E-state index in [0.717, 1.165) is 28.9 Å². The zero-order valence-corrected chi connectivity index (χ0v) is 15.9. The number of carbonyl (C=O) groups excluding carboxylic acids is 1. The van der Waals surface area contributed by atoms with Gasteiger partial charge < -0.3 is 10.1 Å². The molecule has 0 fully saturated rings. The normalized spacial score (nSPS) is 11.6. The average molecular weight is 367 g/mol. The average Bonchev–Trinajstić information content (AvgIpc) is 2.67. The Bertz CT molecular complexity index is 794. The molecule has 0 spiro atoms. The molecule has 3 nitrogen and oxygen atoms in total. The largest absolute Gasteiger partial charge is 0.466 e. The number of halogens is 1. The van der Waals surface area contributed by atoms with Crippen LogP contribution in [-0.2, 0) is 9.53 Å². The summed E-state index contributed by atoms with van der Waals surface area (Å²) in [7, 11) is 0. The van der Waals surface area contributed by atoms with Crippen molar-refractivity contribution in [2.45, 2.75) is 26.7 Å². The number of hydrogen-bond acceptors (Lipinski definition) is 3. The van der Waals surface area contributed by atoms with Gasteiger partial charge in [0.15, 0.2) is 0 Å². The molecule has 27 heavy (non-hydrogen) atoms. The number of allylic oxidation sites excluding steroid dienone is 3.